The first kappa shape index (κ1) is 21.1. The maximum atomic E-state index is 12.8. The molecule has 160 valence electrons. The van der Waals surface area contributed by atoms with Gasteiger partial charge in [0.05, 0.1) is 11.8 Å². The Balaban J connectivity index is 1.43. The van der Waals surface area contributed by atoms with Crippen molar-refractivity contribution in [3.8, 4) is 0 Å². The molecule has 1 atom stereocenters. The fourth-order valence-corrected chi connectivity index (χ4v) is 5.35. The van der Waals surface area contributed by atoms with E-state index < -0.39 is 12.6 Å². The fraction of sp³-hybridized carbons (Fsp3) is 0.478. The first-order valence-electron chi connectivity index (χ1n) is 10.5. The molecule has 1 aromatic carbocycles. The summed E-state index contributed by atoms with van der Waals surface area (Å²) in [6.07, 6.45) is 1.96. The van der Waals surface area contributed by atoms with Crippen molar-refractivity contribution < 1.29 is 13.2 Å². The maximum absolute atomic E-state index is 12.8. The van der Waals surface area contributed by atoms with Gasteiger partial charge >= 0.3 is 6.18 Å². The Morgan fingerprint density at radius 1 is 1.13 bits per heavy atom. The van der Waals surface area contributed by atoms with E-state index in [0.29, 0.717) is 15.6 Å². The van der Waals surface area contributed by atoms with Crippen molar-refractivity contribution in [2.24, 2.45) is 5.92 Å². The summed E-state index contributed by atoms with van der Waals surface area (Å²) >= 11 is 1.12. The van der Waals surface area contributed by atoms with Gasteiger partial charge in [-0.3, -0.25) is 0 Å². The van der Waals surface area contributed by atoms with Crippen molar-refractivity contribution >= 4 is 27.4 Å². The summed E-state index contributed by atoms with van der Waals surface area (Å²) in [6, 6.07) is 10.3. The molecule has 4 rings (SSSR count). The number of thiophene rings is 1. The summed E-state index contributed by atoms with van der Waals surface area (Å²) in [4.78, 5) is 11.8. The second kappa shape index (κ2) is 8.92. The number of hydrogen-bond donors (Lipinski definition) is 0. The standard InChI is InChI=1S/C23H26F3N3S/c1-16-4-2-5-18(12-16)8-7-17-6-3-10-29(11-9-17)21-20-13-19(14-23(24,25)26)30-22(20)28-15-27-21/h2,4-5,12-13,15,17H,3,6-11,14H2,1H3. The van der Waals surface area contributed by atoms with Gasteiger partial charge in [0.1, 0.15) is 17.0 Å². The lowest BCUT2D eigenvalue weighted by Crippen LogP contribution is -2.25. The van der Waals surface area contributed by atoms with Crippen LogP contribution in [0.15, 0.2) is 36.7 Å². The summed E-state index contributed by atoms with van der Waals surface area (Å²) < 4.78 is 38.4. The Morgan fingerprint density at radius 3 is 2.80 bits per heavy atom. The molecule has 0 N–H and O–H groups in total. The van der Waals surface area contributed by atoms with Crippen LogP contribution >= 0.6 is 11.3 Å². The van der Waals surface area contributed by atoms with E-state index in [9.17, 15) is 13.2 Å². The first-order valence-corrected chi connectivity index (χ1v) is 11.3. The number of hydrogen-bond acceptors (Lipinski definition) is 4. The van der Waals surface area contributed by atoms with E-state index in [1.54, 1.807) is 6.07 Å². The van der Waals surface area contributed by atoms with E-state index in [-0.39, 0.29) is 0 Å². The van der Waals surface area contributed by atoms with Crippen molar-refractivity contribution in [1.82, 2.24) is 9.97 Å². The van der Waals surface area contributed by atoms with Crippen LogP contribution in [-0.4, -0.2) is 29.2 Å². The average molecular weight is 434 g/mol. The quantitative estimate of drug-likeness (QED) is 0.470. The molecule has 2 aromatic heterocycles. The zero-order chi connectivity index (χ0) is 21.1. The molecule has 0 spiro atoms. The molecule has 0 saturated carbocycles. The molecular formula is C23H26F3N3S. The molecule has 1 saturated heterocycles. The molecule has 1 unspecified atom stereocenters. The molecule has 1 aliphatic heterocycles. The van der Waals surface area contributed by atoms with Crippen molar-refractivity contribution in [2.45, 2.75) is 51.6 Å². The lowest BCUT2D eigenvalue weighted by Gasteiger charge is -2.22. The summed E-state index contributed by atoms with van der Waals surface area (Å²) in [6.45, 7) is 3.90. The van der Waals surface area contributed by atoms with Crippen molar-refractivity contribution in [2.75, 3.05) is 18.0 Å². The van der Waals surface area contributed by atoms with E-state index in [2.05, 4.69) is 46.1 Å². The highest BCUT2D eigenvalue weighted by Crippen LogP contribution is 2.35. The van der Waals surface area contributed by atoms with E-state index in [0.717, 1.165) is 54.9 Å². The molecular weight excluding hydrogens is 407 g/mol. The number of fused-ring (bicyclic) bond motifs is 1. The van der Waals surface area contributed by atoms with Crippen LogP contribution in [0, 0.1) is 12.8 Å². The molecule has 7 heteroatoms. The second-order valence-corrected chi connectivity index (χ2v) is 9.35. The van der Waals surface area contributed by atoms with Gasteiger partial charge in [-0.15, -0.1) is 11.3 Å². The van der Waals surface area contributed by atoms with Crippen LogP contribution in [0.2, 0.25) is 0 Å². The Labute approximate surface area is 179 Å². The van der Waals surface area contributed by atoms with Gasteiger partial charge in [-0.2, -0.15) is 13.2 Å². The largest absolute Gasteiger partial charge is 0.393 e. The minimum Gasteiger partial charge on any atom is -0.356 e. The van der Waals surface area contributed by atoms with Crippen LogP contribution in [-0.2, 0) is 12.8 Å². The molecule has 0 radical (unpaired) electrons. The zero-order valence-corrected chi connectivity index (χ0v) is 17.9. The molecule has 0 amide bonds. The number of aromatic nitrogens is 2. The highest BCUT2D eigenvalue weighted by atomic mass is 32.1. The number of nitrogens with zero attached hydrogens (tertiary/aromatic N) is 3. The van der Waals surface area contributed by atoms with Gasteiger partial charge in [-0.25, -0.2) is 9.97 Å². The number of benzene rings is 1. The number of aryl methyl sites for hydroxylation is 2. The van der Waals surface area contributed by atoms with Crippen LogP contribution in [0.5, 0.6) is 0 Å². The normalized spacial score (nSPS) is 18.0. The predicted molar refractivity (Wildman–Crippen MR) is 116 cm³/mol. The fourth-order valence-electron chi connectivity index (χ4n) is 4.33. The molecule has 0 bridgehead atoms. The second-order valence-electron chi connectivity index (χ2n) is 8.23. The topological polar surface area (TPSA) is 29.0 Å². The molecule has 3 nitrogen and oxygen atoms in total. The van der Waals surface area contributed by atoms with Gasteiger partial charge in [0.2, 0.25) is 0 Å². The summed E-state index contributed by atoms with van der Waals surface area (Å²) in [5.41, 5.74) is 2.69. The van der Waals surface area contributed by atoms with Gasteiger partial charge in [0.25, 0.3) is 0 Å². The lowest BCUT2D eigenvalue weighted by molar-refractivity contribution is -0.126. The Bertz CT molecular complexity index is 999. The van der Waals surface area contributed by atoms with Crippen LogP contribution < -0.4 is 4.90 Å². The Hall–Kier alpha value is -2.15. The van der Waals surface area contributed by atoms with E-state index in [1.807, 2.05) is 0 Å². The molecule has 1 fully saturated rings. The summed E-state index contributed by atoms with van der Waals surface area (Å²) in [5, 5.41) is 0.750. The average Bonchev–Trinajstić information content (AvgIpc) is 2.93. The van der Waals surface area contributed by atoms with Gasteiger partial charge in [0, 0.05) is 18.0 Å². The number of alkyl halides is 3. The Morgan fingerprint density at radius 2 is 2.00 bits per heavy atom. The zero-order valence-electron chi connectivity index (χ0n) is 17.1. The highest BCUT2D eigenvalue weighted by Gasteiger charge is 2.29. The van der Waals surface area contributed by atoms with E-state index in [1.165, 1.54) is 30.3 Å². The first-order chi connectivity index (χ1) is 14.4. The number of anilines is 1. The molecule has 0 aliphatic carbocycles. The van der Waals surface area contributed by atoms with Crippen molar-refractivity contribution in [3.05, 3.63) is 52.7 Å². The minimum atomic E-state index is -4.21. The smallest absolute Gasteiger partial charge is 0.356 e. The van der Waals surface area contributed by atoms with Gasteiger partial charge in [-0.05, 0) is 56.6 Å². The lowest BCUT2D eigenvalue weighted by atomic mass is 9.93. The third kappa shape index (κ3) is 5.31. The molecule has 30 heavy (non-hydrogen) atoms. The monoisotopic (exact) mass is 433 g/mol. The SMILES string of the molecule is Cc1cccc(CCC2CCCN(c3ncnc4sc(CC(F)(F)F)cc34)CC2)c1. The predicted octanol–water partition coefficient (Wildman–Crippen LogP) is 6.34. The molecule has 1 aliphatic rings. The summed E-state index contributed by atoms with van der Waals surface area (Å²) in [5.74, 6) is 1.44. The van der Waals surface area contributed by atoms with E-state index >= 15 is 0 Å². The van der Waals surface area contributed by atoms with Gasteiger partial charge < -0.3 is 4.90 Å². The van der Waals surface area contributed by atoms with Crippen LogP contribution in [0.1, 0.15) is 41.7 Å². The molecule has 3 aromatic rings. The van der Waals surface area contributed by atoms with Gasteiger partial charge in [0.15, 0.2) is 0 Å². The Kier molecular flexibility index (Phi) is 6.27. The van der Waals surface area contributed by atoms with Crippen LogP contribution in [0.3, 0.4) is 0 Å². The third-order valence-corrected chi connectivity index (χ3v) is 6.85. The van der Waals surface area contributed by atoms with Crippen LogP contribution in [0.4, 0.5) is 19.0 Å². The third-order valence-electron chi connectivity index (χ3n) is 5.81. The minimum absolute atomic E-state index is 0.296. The van der Waals surface area contributed by atoms with Crippen LogP contribution in [0.25, 0.3) is 10.2 Å². The summed E-state index contributed by atoms with van der Waals surface area (Å²) in [7, 11) is 0. The van der Waals surface area contributed by atoms with Crippen molar-refractivity contribution in [1.29, 1.82) is 0 Å². The van der Waals surface area contributed by atoms with E-state index in [4.69, 9.17) is 0 Å². The highest BCUT2D eigenvalue weighted by molar-refractivity contribution is 7.18. The molecule has 3 heterocycles. The van der Waals surface area contributed by atoms with Crippen molar-refractivity contribution in [3.63, 3.8) is 0 Å². The number of rotatable bonds is 5. The van der Waals surface area contributed by atoms with Gasteiger partial charge in [-0.1, -0.05) is 29.8 Å². The maximum Gasteiger partial charge on any atom is 0.393 e. The number of halogens is 3.